The molecule has 1 aliphatic rings. The van der Waals surface area contributed by atoms with Gasteiger partial charge in [-0.15, -0.1) is 0 Å². The molecule has 100 valence electrons. The van der Waals surface area contributed by atoms with Crippen molar-refractivity contribution in [2.24, 2.45) is 5.11 Å². The Kier molecular flexibility index (Phi) is 3.81. The first-order valence-corrected chi connectivity index (χ1v) is 5.45. The standard InChI is InChI=1S/C10H11N5O4/c11-14-12-4-6-3-7(5-16)19-9(6)15-2-1-8(17)13-10(15)18/h1-3,7,9,16H,4-5H2,(H,13,17,18)/t7-,9+/m0/s1. The molecule has 2 N–H and O–H groups in total. The molecule has 0 saturated carbocycles. The normalized spacial score (nSPS) is 21.8. The number of hydrogen-bond donors (Lipinski definition) is 2. The quantitative estimate of drug-likeness (QED) is 0.333. The summed E-state index contributed by atoms with van der Waals surface area (Å²) in [6.07, 6.45) is 1.51. The largest absolute Gasteiger partial charge is 0.393 e. The fourth-order valence-corrected chi connectivity index (χ4v) is 1.81. The lowest BCUT2D eigenvalue weighted by Crippen LogP contribution is -2.33. The van der Waals surface area contributed by atoms with Crippen LogP contribution in [-0.4, -0.2) is 33.9 Å². The summed E-state index contributed by atoms with van der Waals surface area (Å²) in [4.78, 5) is 27.4. The maximum Gasteiger partial charge on any atom is 0.330 e. The highest BCUT2D eigenvalue weighted by Crippen LogP contribution is 2.27. The van der Waals surface area contributed by atoms with E-state index in [2.05, 4.69) is 15.0 Å². The first-order valence-electron chi connectivity index (χ1n) is 5.45. The number of rotatable bonds is 4. The summed E-state index contributed by atoms with van der Waals surface area (Å²) >= 11 is 0. The summed E-state index contributed by atoms with van der Waals surface area (Å²) in [5, 5.41) is 12.5. The number of aliphatic hydroxyl groups excluding tert-OH is 1. The number of aromatic nitrogens is 2. The van der Waals surface area contributed by atoms with E-state index in [0.717, 1.165) is 4.57 Å². The third-order valence-electron chi connectivity index (χ3n) is 2.62. The molecule has 0 aromatic carbocycles. The highest BCUT2D eigenvalue weighted by molar-refractivity contribution is 5.17. The maximum atomic E-state index is 11.7. The summed E-state index contributed by atoms with van der Waals surface area (Å²) in [5.41, 5.74) is 7.72. The third kappa shape index (κ3) is 2.74. The van der Waals surface area contributed by atoms with Gasteiger partial charge in [-0.25, -0.2) is 4.79 Å². The first-order chi connectivity index (χ1) is 9.15. The van der Waals surface area contributed by atoms with Crippen LogP contribution >= 0.6 is 0 Å². The van der Waals surface area contributed by atoms with Gasteiger partial charge in [0.15, 0.2) is 6.23 Å². The molecule has 0 aliphatic carbocycles. The van der Waals surface area contributed by atoms with Gasteiger partial charge >= 0.3 is 5.69 Å². The molecule has 0 amide bonds. The Bertz CT molecular complexity index is 654. The van der Waals surface area contributed by atoms with Crippen molar-refractivity contribution in [1.29, 1.82) is 0 Å². The fourth-order valence-electron chi connectivity index (χ4n) is 1.81. The van der Waals surface area contributed by atoms with E-state index in [9.17, 15) is 9.59 Å². The Morgan fingerprint density at radius 2 is 2.37 bits per heavy atom. The molecular weight excluding hydrogens is 254 g/mol. The molecule has 2 atom stereocenters. The molecule has 1 aromatic heterocycles. The molecule has 1 aromatic rings. The zero-order valence-electron chi connectivity index (χ0n) is 9.76. The molecule has 0 bridgehead atoms. The predicted octanol–water partition coefficient (Wildman–Crippen LogP) is -0.337. The average molecular weight is 265 g/mol. The minimum absolute atomic E-state index is 0.0171. The van der Waals surface area contributed by atoms with Gasteiger partial charge in [-0.1, -0.05) is 5.11 Å². The van der Waals surface area contributed by atoms with Crippen LogP contribution in [0.5, 0.6) is 0 Å². The summed E-state index contributed by atoms with van der Waals surface area (Å²) in [6, 6.07) is 1.18. The number of H-pyrrole nitrogens is 1. The van der Waals surface area contributed by atoms with E-state index in [-0.39, 0.29) is 13.2 Å². The summed E-state index contributed by atoms with van der Waals surface area (Å²) in [6.45, 7) is -0.238. The molecule has 0 saturated heterocycles. The van der Waals surface area contributed by atoms with Crippen LogP contribution in [0.15, 0.2) is 38.6 Å². The van der Waals surface area contributed by atoms with Crippen LogP contribution in [0.1, 0.15) is 6.23 Å². The van der Waals surface area contributed by atoms with E-state index < -0.39 is 23.6 Å². The molecule has 2 rings (SSSR count). The Hall–Kier alpha value is -2.35. The molecule has 1 aliphatic heterocycles. The molecule has 0 spiro atoms. The van der Waals surface area contributed by atoms with Gasteiger partial charge in [-0.05, 0) is 17.2 Å². The second-order valence-corrected chi connectivity index (χ2v) is 3.86. The van der Waals surface area contributed by atoms with Crippen molar-refractivity contribution in [2.45, 2.75) is 12.3 Å². The van der Waals surface area contributed by atoms with Gasteiger partial charge < -0.3 is 9.84 Å². The van der Waals surface area contributed by atoms with Crippen molar-refractivity contribution in [3.63, 3.8) is 0 Å². The van der Waals surface area contributed by atoms with Crippen molar-refractivity contribution >= 4 is 0 Å². The number of aromatic amines is 1. The van der Waals surface area contributed by atoms with Crippen molar-refractivity contribution in [3.05, 3.63) is 55.2 Å². The van der Waals surface area contributed by atoms with Gasteiger partial charge in [-0.2, -0.15) is 0 Å². The smallest absolute Gasteiger partial charge is 0.330 e. The monoisotopic (exact) mass is 265 g/mol. The van der Waals surface area contributed by atoms with Gasteiger partial charge in [0.2, 0.25) is 0 Å². The topological polar surface area (TPSA) is 133 Å². The molecule has 9 nitrogen and oxygen atoms in total. The number of ether oxygens (including phenoxy) is 1. The van der Waals surface area contributed by atoms with Gasteiger partial charge in [0.25, 0.3) is 5.56 Å². The average Bonchev–Trinajstić information content (AvgIpc) is 2.79. The molecule has 0 unspecified atom stereocenters. The van der Waals surface area contributed by atoms with Crippen LogP contribution in [0.2, 0.25) is 0 Å². The van der Waals surface area contributed by atoms with Crippen LogP contribution < -0.4 is 11.2 Å². The summed E-state index contributed by atoms with van der Waals surface area (Å²) in [5.74, 6) is 0. The van der Waals surface area contributed by atoms with E-state index in [4.69, 9.17) is 15.4 Å². The van der Waals surface area contributed by atoms with Gasteiger partial charge in [0.05, 0.1) is 13.2 Å². The number of aliphatic hydroxyl groups is 1. The van der Waals surface area contributed by atoms with Crippen molar-refractivity contribution in [2.75, 3.05) is 13.2 Å². The lowest BCUT2D eigenvalue weighted by molar-refractivity contribution is -0.0147. The number of nitrogens with zero attached hydrogens (tertiary/aromatic N) is 4. The number of nitrogens with one attached hydrogen (secondary N) is 1. The summed E-state index contributed by atoms with van der Waals surface area (Å²) in [7, 11) is 0. The number of azide groups is 1. The van der Waals surface area contributed by atoms with Gasteiger partial charge in [0.1, 0.15) is 6.10 Å². The Balaban J connectivity index is 2.37. The first kappa shape index (κ1) is 13.1. The lowest BCUT2D eigenvalue weighted by atomic mass is 10.2. The van der Waals surface area contributed by atoms with Crippen LogP contribution in [0.4, 0.5) is 0 Å². The van der Waals surface area contributed by atoms with Crippen LogP contribution in [0, 0.1) is 0 Å². The number of hydrogen-bond acceptors (Lipinski definition) is 5. The Labute approximate surface area is 106 Å². The minimum atomic E-state index is -0.799. The molecule has 0 radical (unpaired) electrons. The lowest BCUT2D eigenvalue weighted by Gasteiger charge is -2.17. The van der Waals surface area contributed by atoms with Gasteiger partial charge in [-0.3, -0.25) is 14.3 Å². The Morgan fingerprint density at radius 1 is 1.58 bits per heavy atom. The second kappa shape index (κ2) is 5.53. The Morgan fingerprint density at radius 3 is 3.00 bits per heavy atom. The predicted molar refractivity (Wildman–Crippen MR) is 64.4 cm³/mol. The van der Waals surface area contributed by atoms with Gasteiger partial charge in [0, 0.05) is 17.2 Å². The maximum absolute atomic E-state index is 11.7. The van der Waals surface area contributed by atoms with E-state index in [1.54, 1.807) is 6.08 Å². The van der Waals surface area contributed by atoms with E-state index in [1.807, 2.05) is 0 Å². The highest BCUT2D eigenvalue weighted by atomic mass is 16.5. The third-order valence-corrected chi connectivity index (χ3v) is 2.62. The van der Waals surface area contributed by atoms with Crippen LogP contribution in [0.25, 0.3) is 10.4 Å². The fraction of sp³-hybridized carbons (Fsp3) is 0.400. The molecule has 9 heteroatoms. The van der Waals surface area contributed by atoms with Crippen LogP contribution in [-0.2, 0) is 4.74 Å². The van der Waals surface area contributed by atoms with E-state index >= 15 is 0 Å². The zero-order chi connectivity index (χ0) is 13.8. The van der Waals surface area contributed by atoms with Crippen molar-refractivity contribution < 1.29 is 9.84 Å². The second-order valence-electron chi connectivity index (χ2n) is 3.86. The molecule has 0 fully saturated rings. The van der Waals surface area contributed by atoms with E-state index in [0.29, 0.717) is 5.57 Å². The molecule has 2 heterocycles. The zero-order valence-corrected chi connectivity index (χ0v) is 9.76. The molecule has 19 heavy (non-hydrogen) atoms. The van der Waals surface area contributed by atoms with E-state index in [1.165, 1.54) is 12.3 Å². The highest BCUT2D eigenvalue weighted by Gasteiger charge is 2.28. The van der Waals surface area contributed by atoms with Crippen LogP contribution in [0.3, 0.4) is 0 Å². The minimum Gasteiger partial charge on any atom is -0.393 e. The SMILES string of the molecule is [N-]=[N+]=NCC1=C[C@@H](CO)O[C@H]1n1ccc(=O)[nH]c1=O. The van der Waals surface area contributed by atoms with Crippen molar-refractivity contribution in [3.8, 4) is 0 Å². The molecular formula is C10H11N5O4. The van der Waals surface area contributed by atoms with Crippen molar-refractivity contribution in [1.82, 2.24) is 9.55 Å². The summed E-state index contributed by atoms with van der Waals surface area (Å²) < 4.78 is 6.60.